The van der Waals surface area contributed by atoms with Crippen molar-refractivity contribution in [2.45, 2.75) is 60.2 Å². The number of aromatic nitrogens is 2. The molecule has 0 aliphatic heterocycles. The summed E-state index contributed by atoms with van der Waals surface area (Å²) in [5.41, 5.74) is 9.86. The molecule has 4 aromatic carbocycles. The van der Waals surface area contributed by atoms with Gasteiger partial charge in [-0.25, -0.2) is 0 Å². The Balaban J connectivity index is 0.000000188. The van der Waals surface area contributed by atoms with Gasteiger partial charge in [0.05, 0.1) is 8.07 Å². The Kier molecular flexibility index (Phi) is 11.5. The van der Waals surface area contributed by atoms with Gasteiger partial charge in [0.25, 0.3) is 0 Å². The molecule has 0 saturated heterocycles. The van der Waals surface area contributed by atoms with E-state index in [0.29, 0.717) is 0 Å². The minimum atomic E-state index is -1.43. The molecule has 7 aromatic rings. The summed E-state index contributed by atoms with van der Waals surface area (Å²) < 4.78 is 2.62. The molecule has 3 heterocycles. The Morgan fingerprint density at radius 1 is 0.735 bits per heavy atom. The normalized spacial score (nSPS) is 11.6. The summed E-state index contributed by atoms with van der Waals surface area (Å²) in [6.45, 7) is 16.1. The van der Waals surface area contributed by atoms with Crippen LogP contribution in [-0.2, 0) is 32.9 Å². The molecule has 2 nitrogen and oxygen atoms in total. The first-order chi connectivity index (χ1) is 22.9. The second-order valence-electron chi connectivity index (χ2n) is 14.9. The average molecular weight is 853 g/mol. The molecule has 251 valence electrons. The van der Waals surface area contributed by atoms with E-state index in [9.17, 15) is 0 Å². The number of rotatable bonds is 6. The Morgan fingerprint density at radius 3 is 2.22 bits per heavy atom. The molecule has 0 saturated carbocycles. The van der Waals surface area contributed by atoms with Crippen molar-refractivity contribution >= 4 is 44.8 Å². The standard InChI is InChI=1S/C23H22NS.C21H22NSi.Ir/c1-15-8-9-17-18-6-5-7-19(22(18)25-21(17)12-15)20-13-16(10-11-24-20)14-23(2,3)4;1-23(2,3)21-16-22-20(18-12-8-5-9-13-18)15-19(21)14-17-10-6-4-7-11-17;/h5-6,8-13H,14H2,1-4H3;4-12,15-16H,14H2,1-3H3;/q2*-1;. The van der Waals surface area contributed by atoms with E-state index in [1.54, 1.807) is 0 Å². The molecule has 0 aliphatic carbocycles. The molecule has 49 heavy (non-hydrogen) atoms. The summed E-state index contributed by atoms with van der Waals surface area (Å²) in [7, 11) is -1.43. The molecule has 0 fully saturated rings. The second-order valence-corrected chi connectivity index (χ2v) is 21.0. The van der Waals surface area contributed by atoms with Crippen LogP contribution in [0, 0.1) is 24.5 Å². The molecular weight excluding hydrogens is 809 g/mol. The van der Waals surface area contributed by atoms with E-state index in [1.807, 2.05) is 41.8 Å². The predicted octanol–water partition coefficient (Wildman–Crippen LogP) is 11.5. The summed E-state index contributed by atoms with van der Waals surface area (Å²) in [5, 5.41) is 4.07. The Morgan fingerprint density at radius 2 is 1.51 bits per heavy atom. The Bertz CT molecular complexity index is 2160. The van der Waals surface area contributed by atoms with Gasteiger partial charge in [0.15, 0.2) is 0 Å². The van der Waals surface area contributed by atoms with Crippen LogP contribution in [0.4, 0.5) is 0 Å². The molecule has 1 radical (unpaired) electrons. The molecule has 0 atom stereocenters. The summed E-state index contributed by atoms with van der Waals surface area (Å²) in [5.74, 6) is 0. The van der Waals surface area contributed by atoms with Crippen molar-refractivity contribution < 1.29 is 20.1 Å². The maximum atomic E-state index is 4.72. The SMILES string of the molecule is C[Si](C)(C)c1cnc(-c2[c-]cccc2)cc1Cc1ccccc1.Cc1ccc2c(c1)sc1c(-c3cc(CC(C)(C)C)ccn3)[c-]ccc12.[Ir]. The fourth-order valence-corrected chi connectivity index (χ4v) is 9.09. The zero-order chi connectivity index (χ0) is 33.9. The van der Waals surface area contributed by atoms with Gasteiger partial charge < -0.3 is 9.97 Å². The molecule has 0 unspecified atom stereocenters. The first-order valence-electron chi connectivity index (χ1n) is 16.7. The van der Waals surface area contributed by atoms with Gasteiger partial charge >= 0.3 is 0 Å². The molecule has 7 rings (SSSR count). The zero-order valence-electron chi connectivity index (χ0n) is 29.5. The third-order valence-electron chi connectivity index (χ3n) is 8.42. The van der Waals surface area contributed by atoms with Crippen molar-refractivity contribution in [3.05, 3.63) is 150 Å². The fourth-order valence-electron chi connectivity index (χ4n) is 6.21. The predicted molar refractivity (Wildman–Crippen MR) is 210 cm³/mol. The van der Waals surface area contributed by atoms with Crippen LogP contribution >= 0.6 is 11.3 Å². The van der Waals surface area contributed by atoms with Crippen molar-refractivity contribution in [2.24, 2.45) is 5.41 Å². The number of hydrogen-bond donors (Lipinski definition) is 0. The molecule has 0 N–H and O–H groups in total. The maximum Gasteiger partial charge on any atom is 0.0799 e. The minimum Gasteiger partial charge on any atom is -0.305 e. The molecule has 5 heteroatoms. The molecule has 3 aromatic heterocycles. The van der Waals surface area contributed by atoms with E-state index in [0.717, 1.165) is 35.4 Å². The van der Waals surface area contributed by atoms with Crippen LogP contribution in [0.15, 0.2) is 116 Å². The molecule has 0 bridgehead atoms. The van der Waals surface area contributed by atoms with Crippen molar-refractivity contribution in [1.82, 2.24) is 9.97 Å². The first kappa shape index (κ1) is 36.5. The van der Waals surface area contributed by atoms with E-state index in [-0.39, 0.29) is 25.5 Å². The van der Waals surface area contributed by atoms with Crippen LogP contribution in [0.5, 0.6) is 0 Å². The van der Waals surface area contributed by atoms with Crippen molar-refractivity contribution in [2.75, 3.05) is 0 Å². The minimum absolute atomic E-state index is 0. The van der Waals surface area contributed by atoms with E-state index in [4.69, 9.17) is 4.98 Å². The average Bonchev–Trinajstić information content (AvgIpc) is 3.42. The third-order valence-corrected chi connectivity index (χ3v) is 11.7. The number of fused-ring (bicyclic) bond motifs is 3. The summed E-state index contributed by atoms with van der Waals surface area (Å²) in [6, 6.07) is 43.0. The number of nitrogens with zero attached hydrogens (tertiary/aromatic N) is 2. The quantitative estimate of drug-likeness (QED) is 0.123. The summed E-state index contributed by atoms with van der Waals surface area (Å²) in [6.07, 6.45) is 6.04. The van der Waals surface area contributed by atoms with Gasteiger partial charge in [-0.3, -0.25) is 0 Å². The number of hydrogen-bond acceptors (Lipinski definition) is 3. The molecule has 0 spiro atoms. The van der Waals surface area contributed by atoms with Gasteiger partial charge in [-0.05, 0) is 75.1 Å². The Labute approximate surface area is 311 Å². The monoisotopic (exact) mass is 853 g/mol. The van der Waals surface area contributed by atoms with Gasteiger partial charge in [-0.2, -0.15) is 11.3 Å². The summed E-state index contributed by atoms with van der Waals surface area (Å²) >= 11 is 1.85. The van der Waals surface area contributed by atoms with Crippen molar-refractivity contribution in [1.29, 1.82) is 0 Å². The number of aryl methyl sites for hydroxylation is 1. The van der Waals surface area contributed by atoms with Crippen molar-refractivity contribution in [3.8, 4) is 22.5 Å². The topological polar surface area (TPSA) is 25.8 Å². The van der Waals surface area contributed by atoms with Crippen LogP contribution in [0.2, 0.25) is 19.6 Å². The smallest absolute Gasteiger partial charge is 0.0799 e. The van der Waals surface area contributed by atoms with Gasteiger partial charge in [-0.15, -0.1) is 59.7 Å². The zero-order valence-corrected chi connectivity index (χ0v) is 33.7. The van der Waals surface area contributed by atoms with Crippen LogP contribution < -0.4 is 5.19 Å². The van der Waals surface area contributed by atoms with Crippen LogP contribution in [-0.4, -0.2) is 18.0 Å². The van der Waals surface area contributed by atoms with E-state index in [2.05, 4.69) is 150 Å². The number of pyridine rings is 2. The number of benzene rings is 4. The van der Waals surface area contributed by atoms with Crippen LogP contribution in [0.1, 0.15) is 43.0 Å². The van der Waals surface area contributed by atoms with Crippen LogP contribution in [0.25, 0.3) is 42.7 Å². The van der Waals surface area contributed by atoms with Gasteiger partial charge in [-0.1, -0.05) is 112 Å². The van der Waals surface area contributed by atoms with Crippen LogP contribution in [0.3, 0.4) is 0 Å². The van der Waals surface area contributed by atoms with E-state index < -0.39 is 8.07 Å². The molecule has 0 aliphatic rings. The van der Waals surface area contributed by atoms with Gasteiger partial charge in [0.2, 0.25) is 0 Å². The van der Waals surface area contributed by atoms with Crippen molar-refractivity contribution in [3.63, 3.8) is 0 Å². The van der Waals surface area contributed by atoms with Gasteiger partial charge in [0.1, 0.15) is 0 Å². The van der Waals surface area contributed by atoms with E-state index >= 15 is 0 Å². The van der Waals surface area contributed by atoms with Gasteiger partial charge in [0, 0.05) is 37.2 Å². The summed E-state index contributed by atoms with van der Waals surface area (Å²) in [4.78, 5) is 9.37. The largest absolute Gasteiger partial charge is 0.305 e. The first-order valence-corrected chi connectivity index (χ1v) is 21.1. The maximum absolute atomic E-state index is 4.72. The van der Waals surface area contributed by atoms with E-state index in [1.165, 1.54) is 47.6 Å². The molecule has 0 amide bonds. The third kappa shape index (κ3) is 9.09. The molecular formula is C44H44IrN2SSi-2. The fraction of sp³-hybridized carbons (Fsp3) is 0.227. The number of thiophene rings is 1. The second kappa shape index (κ2) is 15.4. The Hall–Kier alpha value is -3.73.